The normalized spacial score (nSPS) is 25.3. The summed E-state index contributed by atoms with van der Waals surface area (Å²) in [4.78, 5) is 0. The first-order chi connectivity index (χ1) is 8.74. The summed E-state index contributed by atoms with van der Waals surface area (Å²) in [6, 6.07) is 6.91. The largest absolute Gasteiger partial charge is 0.508 e. The number of benzene rings is 1. The van der Waals surface area contributed by atoms with Crippen LogP contribution in [0.15, 0.2) is 18.2 Å². The van der Waals surface area contributed by atoms with Gasteiger partial charge in [-0.25, -0.2) is 0 Å². The van der Waals surface area contributed by atoms with Crippen LogP contribution in [0, 0.1) is 5.92 Å². The molecule has 0 aliphatic heterocycles. The highest BCUT2D eigenvalue weighted by molar-refractivity contribution is 5.38. The lowest BCUT2D eigenvalue weighted by Gasteiger charge is -2.36. The minimum absolute atomic E-state index is 0.402. The molecule has 0 heterocycles. The molecule has 1 aromatic carbocycles. The van der Waals surface area contributed by atoms with Crippen molar-refractivity contribution < 1.29 is 5.11 Å². The Balaban J connectivity index is 1.75. The summed E-state index contributed by atoms with van der Waals surface area (Å²) in [6.07, 6.45) is 7.78. The summed E-state index contributed by atoms with van der Waals surface area (Å²) in [5, 5.41) is 13.5. The fourth-order valence-electron chi connectivity index (χ4n) is 3.35. The van der Waals surface area contributed by atoms with Crippen LogP contribution >= 0.6 is 0 Å². The van der Waals surface area contributed by atoms with Crippen molar-refractivity contribution in [3.8, 4) is 5.75 Å². The van der Waals surface area contributed by atoms with Gasteiger partial charge in [-0.3, -0.25) is 0 Å². The van der Waals surface area contributed by atoms with E-state index in [0.717, 1.165) is 12.3 Å². The Morgan fingerprint density at radius 1 is 1.22 bits per heavy atom. The van der Waals surface area contributed by atoms with Crippen molar-refractivity contribution in [1.29, 1.82) is 0 Å². The van der Waals surface area contributed by atoms with Gasteiger partial charge >= 0.3 is 0 Å². The molecule has 0 spiro atoms. The second kappa shape index (κ2) is 4.93. The van der Waals surface area contributed by atoms with Gasteiger partial charge in [-0.1, -0.05) is 12.5 Å². The molecule has 0 aromatic heterocycles. The molecule has 1 saturated carbocycles. The molecule has 2 heteroatoms. The first-order valence-corrected chi connectivity index (χ1v) is 7.32. The minimum atomic E-state index is 0.402. The third-order valence-electron chi connectivity index (χ3n) is 4.76. The summed E-state index contributed by atoms with van der Waals surface area (Å²) in [5.74, 6) is 1.27. The molecule has 0 saturated heterocycles. The van der Waals surface area contributed by atoms with Gasteiger partial charge in [0.1, 0.15) is 5.75 Å². The third kappa shape index (κ3) is 2.26. The van der Waals surface area contributed by atoms with Crippen LogP contribution in [0.4, 0.5) is 0 Å². The molecule has 1 aromatic rings. The van der Waals surface area contributed by atoms with E-state index < -0.39 is 0 Å². The first kappa shape index (κ1) is 12.0. The van der Waals surface area contributed by atoms with Gasteiger partial charge in [-0.15, -0.1) is 0 Å². The summed E-state index contributed by atoms with van der Waals surface area (Å²) in [5.41, 5.74) is 2.74. The molecule has 2 nitrogen and oxygen atoms in total. The van der Waals surface area contributed by atoms with E-state index in [1.165, 1.54) is 43.2 Å². The number of aromatic hydroxyl groups is 1. The number of phenols is 1. The van der Waals surface area contributed by atoms with Crippen molar-refractivity contribution in [2.24, 2.45) is 5.92 Å². The Morgan fingerprint density at radius 2 is 2.06 bits per heavy atom. The number of hydrogen-bond acceptors (Lipinski definition) is 2. The zero-order valence-electron chi connectivity index (χ0n) is 11.2. The van der Waals surface area contributed by atoms with E-state index in [1.807, 2.05) is 12.1 Å². The highest BCUT2D eigenvalue weighted by Crippen LogP contribution is 2.35. The Morgan fingerprint density at radius 3 is 2.78 bits per heavy atom. The van der Waals surface area contributed by atoms with Crippen molar-refractivity contribution in [3.05, 3.63) is 29.3 Å². The number of fused-ring (bicyclic) bond motifs is 1. The predicted molar refractivity (Wildman–Crippen MR) is 73.7 cm³/mol. The maximum absolute atomic E-state index is 9.68. The van der Waals surface area contributed by atoms with Gasteiger partial charge in [0.2, 0.25) is 0 Å². The second-order valence-corrected chi connectivity index (χ2v) is 5.97. The molecular weight excluding hydrogens is 222 g/mol. The topological polar surface area (TPSA) is 32.3 Å². The molecule has 98 valence electrons. The van der Waals surface area contributed by atoms with E-state index in [-0.39, 0.29) is 0 Å². The number of aryl methyl sites for hydroxylation is 1. The zero-order chi connectivity index (χ0) is 12.5. The van der Waals surface area contributed by atoms with Gasteiger partial charge in [0, 0.05) is 12.1 Å². The SMILES string of the molecule is CC(NC1CCCc2ccc(O)cc21)C1CCC1. The summed E-state index contributed by atoms with van der Waals surface area (Å²) < 4.78 is 0. The van der Waals surface area contributed by atoms with Crippen LogP contribution in [0.3, 0.4) is 0 Å². The Bertz CT molecular complexity index is 425. The molecule has 0 radical (unpaired) electrons. The van der Waals surface area contributed by atoms with Gasteiger partial charge in [0.05, 0.1) is 0 Å². The highest BCUT2D eigenvalue weighted by Gasteiger charge is 2.28. The Hall–Kier alpha value is -1.02. The van der Waals surface area contributed by atoms with E-state index in [9.17, 15) is 5.11 Å². The lowest BCUT2D eigenvalue weighted by molar-refractivity contribution is 0.221. The lowest BCUT2D eigenvalue weighted by atomic mass is 9.79. The van der Waals surface area contributed by atoms with Crippen LogP contribution < -0.4 is 5.32 Å². The maximum atomic E-state index is 9.68. The molecule has 3 rings (SSSR count). The van der Waals surface area contributed by atoms with E-state index in [4.69, 9.17) is 0 Å². The van der Waals surface area contributed by atoms with Crippen LogP contribution in [0.1, 0.15) is 56.2 Å². The van der Waals surface area contributed by atoms with Crippen LogP contribution in [-0.2, 0) is 6.42 Å². The number of rotatable bonds is 3. The standard InChI is InChI=1S/C16H23NO/c1-11(12-4-2-5-12)17-16-7-3-6-13-8-9-14(18)10-15(13)16/h8-12,16-18H,2-7H2,1H3. The van der Waals surface area contributed by atoms with E-state index in [2.05, 4.69) is 18.3 Å². The van der Waals surface area contributed by atoms with Crippen molar-refractivity contribution >= 4 is 0 Å². The maximum Gasteiger partial charge on any atom is 0.115 e. The average Bonchev–Trinajstić information content (AvgIpc) is 2.27. The van der Waals surface area contributed by atoms with Crippen molar-refractivity contribution in [2.45, 2.75) is 57.5 Å². The van der Waals surface area contributed by atoms with Gasteiger partial charge in [-0.2, -0.15) is 0 Å². The zero-order valence-corrected chi connectivity index (χ0v) is 11.2. The molecule has 1 fully saturated rings. The Labute approximate surface area is 109 Å². The Kier molecular flexibility index (Phi) is 3.29. The van der Waals surface area contributed by atoms with Crippen LogP contribution in [0.25, 0.3) is 0 Å². The lowest BCUT2D eigenvalue weighted by Crippen LogP contribution is -2.40. The summed E-state index contributed by atoms with van der Waals surface area (Å²) >= 11 is 0. The fraction of sp³-hybridized carbons (Fsp3) is 0.625. The second-order valence-electron chi connectivity index (χ2n) is 5.97. The fourth-order valence-corrected chi connectivity index (χ4v) is 3.35. The molecule has 0 amide bonds. The molecule has 2 aliphatic rings. The summed E-state index contributed by atoms with van der Waals surface area (Å²) in [6.45, 7) is 2.32. The number of hydrogen-bond donors (Lipinski definition) is 2. The van der Waals surface area contributed by atoms with Gasteiger partial charge in [-0.05, 0) is 68.2 Å². The molecular formula is C16H23NO. The number of phenolic OH excluding ortho intramolecular Hbond substituents is 1. The predicted octanol–water partition coefficient (Wildman–Crippen LogP) is 3.55. The van der Waals surface area contributed by atoms with Crippen LogP contribution in [0.5, 0.6) is 5.75 Å². The van der Waals surface area contributed by atoms with Crippen molar-refractivity contribution in [2.75, 3.05) is 0 Å². The van der Waals surface area contributed by atoms with E-state index >= 15 is 0 Å². The summed E-state index contributed by atoms with van der Waals surface area (Å²) in [7, 11) is 0. The third-order valence-corrected chi connectivity index (χ3v) is 4.76. The van der Waals surface area contributed by atoms with Gasteiger partial charge < -0.3 is 10.4 Å². The van der Waals surface area contributed by atoms with Crippen LogP contribution in [-0.4, -0.2) is 11.1 Å². The molecule has 2 unspecified atom stereocenters. The minimum Gasteiger partial charge on any atom is -0.508 e. The monoisotopic (exact) mass is 245 g/mol. The molecule has 2 N–H and O–H groups in total. The molecule has 18 heavy (non-hydrogen) atoms. The smallest absolute Gasteiger partial charge is 0.115 e. The molecule has 2 aliphatic carbocycles. The highest BCUT2D eigenvalue weighted by atomic mass is 16.3. The van der Waals surface area contributed by atoms with Crippen LogP contribution in [0.2, 0.25) is 0 Å². The molecule has 2 atom stereocenters. The first-order valence-electron chi connectivity index (χ1n) is 7.32. The van der Waals surface area contributed by atoms with Crippen molar-refractivity contribution in [1.82, 2.24) is 5.32 Å². The quantitative estimate of drug-likeness (QED) is 0.853. The van der Waals surface area contributed by atoms with Gasteiger partial charge in [0.15, 0.2) is 0 Å². The van der Waals surface area contributed by atoms with Gasteiger partial charge in [0.25, 0.3) is 0 Å². The van der Waals surface area contributed by atoms with E-state index in [0.29, 0.717) is 17.8 Å². The van der Waals surface area contributed by atoms with E-state index in [1.54, 1.807) is 0 Å². The number of nitrogens with one attached hydrogen (secondary N) is 1. The van der Waals surface area contributed by atoms with Crippen molar-refractivity contribution in [3.63, 3.8) is 0 Å². The average molecular weight is 245 g/mol. The molecule has 0 bridgehead atoms.